The normalized spacial score (nSPS) is 14.9. The summed E-state index contributed by atoms with van der Waals surface area (Å²) in [5.74, 6) is -0.00968. The molecule has 5 nitrogen and oxygen atoms in total. The zero-order chi connectivity index (χ0) is 19.4. The van der Waals surface area contributed by atoms with Crippen LogP contribution >= 0.6 is 23.2 Å². The van der Waals surface area contributed by atoms with Crippen LogP contribution in [0.2, 0.25) is 10.0 Å². The van der Waals surface area contributed by atoms with E-state index in [-0.39, 0.29) is 5.91 Å². The van der Waals surface area contributed by atoms with Crippen LogP contribution in [0.4, 0.5) is 11.4 Å². The number of benzene rings is 2. The Morgan fingerprint density at radius 2 is 1.78 bits per heavy atom. The Hall–Kier alpha value is -1.95. The summed E-state index contributed by atoms with van der Waals surface area (Å²) in [6, 6.07) is 10.9. The van der Waals surface area contributed by atoms with Gasteiger partial charge in [-0.25, -0.2) is 0 Å². The van der Waals surface area contributed by atoms with Crippen molar-refractivity contribution >= 4 is 40.5 Å². The fourth-order valence-electron chi connectivity index (χ4n) is 3.21. The first-order chi connectivity index (χ1) is 13.0. The first-order valence-corrected chi connectivity index (χ1v) is 9.69. The fourth-order valence-corrected chi connectivity index (χ4v) is 3.78. The minimum atomic E-state index is -0.319. The summed E-state index contributed by atoms with van der Waals surface area (Å²) in [6.45, 7) is 7.45. The molecule has 0 unspecified atom stereocenters. The van der Waals surface area contributed by atoms with Crippen LogP contribution < -0.4 is 15.0 Å². The number of methoxy groups -OCH3 is 1. The van der Waals surface area contributed by atoms with E-state index >= 15 is 0 Å². The molecule has 2 aromatic carbocycles. The summed E-state index contributed by atoms with van der Waals surface area (Å²) in [5.41, 5.74) is 2.16. The van der Waals surface area contributed by atoms with Crippen LogP contribution in [0.25, 0.3) is 0 Å². The van der Waals surface area contributed by atoms with Crippen LogP contribution in [0.1, 0.15) is 17.3 Å². The van der Waals surface area contributed by atoms with E-state index < -0.39 is 0 Å². The topological polar surface area (TPSA) is 44.8 Å². The van der Waals surface area contributed by atoms with Crippen molar-refractivity contribution in [3.63, 3.8) is 0 Å². The van der Waals surface area contributed by atoms with E-state index in [0.717, 1.165) is 38.4 Å². The van der Waals surface area contributed by atoms with E-state index in [1.54, 1.807) is 12.1 Å². The summed E-state index contributed by atoms with van der Waals surface area (Å²) >= 11 is 12.1. The molecule has 1 amide bonds. The standard InChI is InChI=1S/C20H23Cl2N3O2/c1-3-24-8-10-25(11-9-24)16-6-4-15(5-7-16)23-20(26)17-12-14(21)13-18(22)19(17)27-2/h4-7,12-13H,3,8-11H2,1-2H3,(H,23,26). The number of carbonyl (C=O) groups is 1. The predicted octanol–water partition coefficient (Wildman–Crippen LogP) is 4.40. The van der Waals surface area contributed by atoms with Gasteiger partial charge in [0.25, 0.3) is 5.91 Å². The van der Waals surface area contributed by atoms with Crippen molar-refractivity contribution in [3.05, 3.63) is 52.0 Å². The maximum Gasteiger partial charge on any atom is 0.259 e. The van der Waals surface area contributed by atoms with Crippen molar-refractivity contribution in [2.75, 3.05) is 50.1 Å². The SMILES string of the molecule is CCN1CCN(c2ccc(NC(=O)c3cc(Cl)cc(Cl)c3OC)cc2)CC1. The average Bonchev–Trinajstić information content (AvgIpc) is 2.68. The number of hydrogen-bond donors (Lipinski definition) is 1. The highest BCUT2D eigenvalue weighted by molar-refractivity contribution is 6.36. The third-order valence-corrected chi connectivity index (χ3v) is 5.27. The van der Waals surface area contributed by atoms with Gasteiger partial charge in [0, 0.05) is 42.6 Å². The molecule has 0 bridgehead atoms. The lowest BCUT2D eigenvalue weighted by Gasteiger charge is -2.35. The minimum Gasteiger partial charge on any atom is -0.494 e. The Balaban J connectivity index is 1.69. The van der Waals surface area contributed by atoms with Crippen molar-refractivity contribution in [1.29, 1.82) is 0 Å². The number of ether oxygens (including phenoxy) is 1. The summed E-state index contributed by atoms with van der Waals surface area (Å²) < 4.78 is 5.24. The summed E-state index contributed by atoms with van der Waals surface area (Å²) in [4.78, 5) is 17.4. The number of nitrogens with one attached hydrogen (secondary N) is 1. The molecular weight excluding hydrogens is 385 g/mol. The molecule has 1 aliphatic heterocycles. The van der Waals surface area contributed by atoms with E-state index in [1.165, 1.54) is 7.11 Å². The van der Waals surface area contributed by atoms with Crippen molar-refractivity contribution in [2.24, 2.45) is 0 Å². The molecule has 0 aliphatic carbocycles. The number of halogens is 2. The first-order valence-electron chi connectivity index (χ1n) is 8.93. The monoisotopic (exact) mass is 407 g/mol. The minimum absolute atomic E-state index is 0.301. The molecule has 0 aromatic heterocycles. The molecule has 0 spiro atoms. The van der Waals surface area contributed by atoms with Crippen molar-refractivity contribution in [1.82, 2.24) is 4.90 Å². The zero-order valence-corrected chi connectivity index (χ0v) is 17.0. The molecule has 1 N–H and O–H groups in total. The Morgan fingerprint density at radius 1 is 1.11 bits per heavy atom. The number of likely N-dealkylation sites (N-methyl/N-ethyl adjacent to an activating group) is 1. The lowest BCUT2D eigenvalue weighted by Crippen LogP contribution is -2.46. The van der Waals surface area contributed by atoms with Gasteiger partial charge in [-0.3, -0.25) is 4.79 Å². The second kappa shape index (κ2) is 8.83. The third-order valence-electron chi connectivity index (χ3n) is 4.77. The van der Waals surface area contributed by atoms with Gasteiger partial charge in [0.1, 0.15) is 5.75 Å². The number of rotatable bonds is 5. The van der Waals surface area contributed by atoms with Gasteiger partial charge in [-0.2, -0.15) is 0 Å². The van der Waals surface area contributed by atoms with Gasteiger partial charge in [0.15, 0.2) is 0 Å². The number of carbonyl (C=O) groups excluding carboxylic acids is 1. The molecule has 1 saturated heterocycles. The van der Waals surface area contributed by atoms with Gasteiger partial charge < -0.3 is 19.9 Å². The van der Waals surface area contributed by atoms with Crippen molar-refractivity contribution in [2.45, 2.75) is 6.92 Å². The van der Waals surface area contributed by atoms with E-state index in [1.807, 2.05) is 24.3 Å². The Morgan fingerprint density at radius 3 is 2.37 bits per heavy atom. The number of piperazine rings is 1. The van der Waals surface area contributed by atoms with Crippen LogP contribution in [-0.4, -0.2) is 50.6 Å². The summed E-state index contributed by atoms with van der Waals surface area (Å²) in [6.07, 6.45) is 0. The molecule has 0 radical (unpaired) electrons. The predicted molar refractivity (Wildman–Crippen MR) is 112 cm³/mol. The molecule has 3 rings (SSSR count). The smallest absolute Gasteiger partial charge is 0.259 e. The number of anilines is 2. The fraction of sp³-hybridized carbons (Fsp3) is 0.350. The van der Waals surface area contributed by atoms with Crippen LogP contribution in [-0.2, 0) is 0 Å². The lowest BCUT2D eigenvalue weighted by atomic mass is 10.1. The third kappa shape index (κ3) is 4.67. The van der Waals surface area contributed by atoms with Crippen molar-refractivity contribution < 1.29 is 9.53 Å². The van der Waals surface area contributed by atoms with E-state index in [0.29, 0.717) is 27.0 Å². The quantitative estimate of drug-likeness (QED) is 0.797. The Kier molecular flexibility index (Phi) is 6.47. The molecule has 7 heteroatoms. The summed E-state index contributed by atoms with van der Waals surface area (Å²) in [5, 5.41) is 3.56. The zero-order valence-electron chi connectivity index (χ0n) is 15.5. The van der Waals surface area contributed by atoms with Gasteiger partial charge >= 0.3 is 0 Å². The van der Waals surface area contributed by atoms with E-state index in [2.05, 4.69) is 22.0 Å². The molecule has 27 heavy (non-hydrogen) atoms. The van der Waals surface area contributed by atoms with Gasteiger partial charge in [0.2, 0.25) is 0 Å². The molecule has 0 saturated carbocycles. The lowest BCUT2D eigenvalue weighted by molar-refractivity contribution is 0.102. The largest absolute Gasteiger partial charge is 0.494 e. The van der Waals surface area contributed by atoms with Crippen LogP contribution in [0.3, 0.4) is 0 Å². The Bertz CT molecular complexity index is 804. The van der Waals surface area contributed by atoms with Gasteiger partial charge in [-0.05, 0) is 42.9 Å². The maximum atomic E-state index is 12.6. The molecule has 0 atom stereocenters. The highest BCUT2D eigenvalue weighted by Gasteiger charge is 2.18. The van der Waals surface area contributed by atoms with Crippen LogP contribution in [0, 0.1) is 0 Å². The van der Waals surface area contributed by atoms with Crippen LogP contribution in [0.15, 0.2) is 36.4 Å². The second-order valence-corrected chi connectivity index (χ2v) is 7.23. The summed E-state index contributed by atoms with van der Waals surface area (Å²) in [7, 11) is 1.47. The van der Waals surface area contributed by atoms with Gasteiger partial charge in [-0.1, -0.05) is 30.1 Å². The van der Waals surface area contributed by atoms with Gasteiger partial charge in [-0.15, -0.1) is 0 Å². The number of nitrogens with zero attached hydrogens (tertiary/aromatic N) is 2. The average molecular weight is 408 g/mol. The van der Waals surface area contributed by atoms with Crippen LogP contribution in [0.5, 0.6) is 5.75 Å². The van der Waals surface area contributed by atoms with E-state index in [4.69, 9.17) is 27.9 Å². The van der Waals surface area contributed by atoms with E-state index in [9.17, 15) is 4.79 Å². The Labute approximate surface area is 169 Å². The van der Waals surface area contributed by atoms with Gasteiger partial charge in [0.05, 0.1) is 17.7 Å². The maximum absolute atomic E-state index is 12.6. The second-order valence-electron chi connectivity index (χ2n) is 6.39. The number of hydrogen-bond acceptors (Lipinski definition) is 4. The molecule has 144 valence electrons. The molecule has 1 heterocycles. The highest BCUT2D eigenvalue weighted by Crippen LogP contribution is 2.32. The van der Waals surface area contributed by atoms with Crippen molar-refractivity contribution in [3.8, 4) is 5.75 Å². The molecule has 2 aromatic rings. The molecule has 1 aliphatic rings. The highest BCUT2D eigenvalue weighted by atomic mass is 35.5. The molecular formula is C20H23Cl2N3O2. The number of amides is 1. The molecule has 1 fully saturated rings. The first kappa shape index (κ1) is 19.8.